The maximum Gasteiger partial charge on any atom is 0.303 e. The number of aromatic amines is 4. The summed E-state index contributed by atoms with van der Waals surface area (Å²) in [4.78, 5) is 34.6. The number of allylic oxidation sites excluding steroid dienone is 4. The number of fused-ring (bicyclic) bond motifs is 8. The first kappa shape index (κ1) is 38.4. The van der Waals surface area contributed by atoms with Gasteiger partial charge in [-0.25, -0.2) is 9.97 Å². The zero-order chi connectivity index (χ0) is 33.9. The second-order valence-electron chi connectivity index (χ2n) is 11.2. The smallest absolute Gasteiger partial charge is 0.303 e. The number of nitrogens with one attached hydrogen (secondary N) is 4. The molecule has 8 N–H and O–H groups in total. The molecule has 2 aliphatic rings. The molecule has 5 heterocycles. The number of H-pyrrole nitrogens is 4. The predicted molar refractivity (Wildman–Crippen MR) is 166 cm³/mol. The van der Waals surface area contributed by atoms with Crippen LogP contribution in [0.3, 0.4) is 0 Å². The Bertz CT molecular complexity index is 2320. The standard InChI is InChI=1S/C30H30N4O10S2.2ClH/c1-13-17(5-7-27(35)36)23-12-24-18(6-8-28(37)38)14(2)20(32-24)10-25-30(46(42,43)44)16(4)22(34-25)11-26-29(45(39,40)41)15(3)21(33-26)9-19(13)31-23;;/h9-12,33-34H,5-8H2,1-4H3,(H,35,36)(H,37,38)(H,39,40,41)(H,42,43,44);2*1H. The lowest BCUT2D eigenvalue weighted by molar-refractivity contribution is -0.388. The summed E-state index contributed by atoms with van der Waals surface area (Å²) >= 11 is 0. The number of rotatable bonds is 8. The van der Waals surface area contributed by atoms with Gasteiger partial charge in [0.05, 0.1) is 17.1 Å². The molecule has 8 bridgehead atoms. The molecule has 5 rings (SSSR count). The van der Waals surface area contributed by atoms with Crippen molar-refractivity contribution in [3.8, 4) is 0 Å². The van der Waals surface area contributed by atoms with Gasteiger partial charge in [-0.1, -0.05) is 0 Å². The van der Waals surface area contributed by atoms with Crippen LogP contribution in [0.5, 0.6) is 0 Å². The summed E-state index contributed by atoms with van der Waals surface area (Å²) in [5.41, 5.74) is 5.07. The van der Waals surface area contributed by atoms with Crippen molar-refractivity contribution < 1.29 is 80.5 Å². The van der Waals surface area contributed by atoms with E-state index in [1.165, 1.54) is 26.0 Å². The topological polar surface area (TPSA) is 243 Å². The van der Waals surface area contributed by atoms with E-state index in [0.717, 1.165) is 0 Å². The molecule has 0 amide bonds. The number of aryl methyl sites for hydroxylation is 2. The maximum atomic E-state index is 12.6. The van der Waals surface area contributed by atoms with E-state index in [2.05, 4.69) is 19.9 Å². The van der Waals surface area contributed by atoms with Gasteiger partial charge in [0.1, 0.15) is 9.79 Å². The minimum absolute atomic E-state index is 0. The van der Waals surface area contributed by atoms with Crippen molar-refractivity contribution in [1.29, 1.82) is 0 Å². The first-order chi connectivity index (χ1) is 21.4. The highest BCUT2D eigenvalue weighted by Gasteiger charge is 2.31. The predicted octanol–water partition coefficient (Wildman–Crippen LogP) is -2.14. The van der Waals surface area contributed by atoms with Gasteiger partial charge in [0.2, 0.25) is 22.8 Å². The molecule has 0 atom stereocenters. The molecule has 0 fully saturated rings. The van der Waals surface area contributed by atoms with E-state index >= 15 is 0 Å². The molecule has 3 aromatic rings. The average Bonchev–Trinajstić information content (AvgIpc) is 3.59. The Morgan fingerprint density at radius 3 is 1.33 bits per heavy atom. The molecule has 0 unspecified atom stereocenters. The van der Waals surface area contributed by atoms with Crippen molar-refractivity contribution >= 4 is 76.5 Å². The summed E-state index contributed by atoms with van der Waals surface area (Å²) < 4.78 is 70.6. The third-order valence-corrected chi connectivity index (χ3v) is 10.4. The van der Waals surface area contributed by atoms with Gasteiger partial charge < -0.3 is 45.0 Å². The Morgan fingerprint density at radius 1 is 0.604 bits per heavy atom. The van der Waals surface area contributed by atoms with E-state index in [-0.39, 0.29) is 83.7 Å². The van der Waals surface area contributed by atoms with E-state index in [1.54, 1.807) is 26.0 Å². The van der Waals surface area contributed by atoms with Crippen LogP contribution in [0.1, 0.15) is 73.4 Å². The number of hydrogen-bond acceptors (Lipinski definition) is 6. The molecule has 3 aromatic heterocycles. The number of aliphatic carboxylic acids is 2. The van der Waals surface area contributed by atoms with Crippen LogP contribution in [0.15, 0.2) is 34.1 Å². The van der Waals surface area contributed by atoms with Gasteiger partial charge >= 0.3 is 11.9 Å². The van der Waals surface area contributed by atoms with E-state index in [1.807, 2.05) is 0 Å². The highest BCUT2D eigenvalue weighted by molar-refractivity contribution is 7.86. The minimum atomic E-state index is -4.81. The van der Waals surface area contributed by atoms with Crippen molar-refractivity contribution in [3.63, 3.8) is 0 Å². The van der Waals surface area contributed by atoms with Crippen molar-refractivity contribution in [3.05, 3.63) is 58.2 Å². The fourth-order valence-electron chi connectivity index (χ4n) is 5.97. The van der Waals surface area contributed by atoms with Gasteiger partial charge in [0.25, 0.3) is 20.2 Å². The van der Waals surface area contributed by atoms with Crippen LogP contribution in [0.25, 0.3) is 44.4 Å². The van der Waals surface area contributed by atoms with Crippen LogP contribution in [0.2, 0.25) is 0 Å². The van der Waals surface area contributed by atoms with E-state index in [0.29, 0.717) is 45.1 Å². The third kappa shape index (κ3) is 7.33. The summed E-state index contributed by atoms with van der Waals surface area (Å²) in [5, 5.41) is 18.8. The quantitative estimate of drug-likeness (QED) is 0.137. The first-order valence-electron chi connectivity index (χ1n) is 14.0. The van der Waals surface area contributed by atoms with Gasteiger partial charge in [0.15, 0.2) is 0 Å². The molecule has 258 valence electrons. The monoisotopic (exact) mass is 742 g/mol. The molecule has 0 aromatic carbocycles. The van der Waals surface area contributed by atoms with Crippen LogP contribution in [0.4, 0.5) is 0 Å². The molecule has 14 nitrogen and oxygen atoms in total. The van der Waals surface area contributed by atoms with Crippen molar-refractivity contribution in [2.75, 3.05) is 0 Å². The first-order valence-corrected chi connectivity index (χ1v) is 16.9. The molecule has 18 heteroatoms. The second-order valence-corrected chi connectivity index (χ2v) is 14.0. The number of halogens is 2. The number of carboxylic acids is 2. The fraction of sp³-hybridized carbons (Fsp3) is 0.267. The van der Waals surface area contributed by atoms with Gasteiger partial charge in [-0.05, 0) is 57.7 Å². The van der Waals surface area contributed by atoms with Gasteiger partial charge in [-0.3, -0.25) is 18.7 Å². The van der Waals surface area contributed by atoms with Crippen LogP contribution >= 0.6 is 0 Å². The Balaban J connectivity index is 0.00000312. The minimum Gasteiger partial charge on any atom is -1.00 e. The van der Waals surface area contributed by atoms with Crippen molar-refractivity contribution in [2.24, 2.45) is 0 Å². The Kier molecular flexibility index (Phi) is 11.0. The largest absolute Gasteiger partial charge is 1.00 e. The summed E-state index contributed by atoms with van der Waals surface area (Å²) in [5.74, 6) is -2.04. The van der Waals surface area contributed by atoms with E-state index in [4.69, 9.17) is 0 Å². The molecular weight excluding hydrogens is 711 g/mol. The van der Waals surface area contributed by atoms with E-state index < -0.39 is 42.0 Å². The lowest BCUT2D eigenvalue weighted by atomic mass is 9.98. The van der Waals surface area contributed by atoms with Crippen LogP contribution < -0.4 is 34.8 Å². The van der Waals surface area contributed by atoms with Crippen LogP contribution in [-0.4, -0.2) is 58.1 Å². The average molecular weight is 744 g/mol. The van der Waals surface area contributed by atoms with Crippen molar-refractivity contribution in [1.82, 2.24) is 9.97 Å². The van der Waals surface area contributed by atoms with Crippen molar-refractivity contribution in [2.45, 2.75) is 63.2 Å². The second kappa shape index (κ2) is 13.8. The number of aromatic nitrogens is 4. The lowest BCUT2D eigenvalue weighted by Gasteiger charge is -1.99. The summed E-state index contributed by atoms with van der Waals surface area (Å²) in [7, 11) is -9.60. The number of carboxylic acid groups (broad SMARTS) is 2. The van der Waals surface area contributed by atoms with Gasteiger partial charge in [-0.2, -0.15) is 16.8 Å². The highest BCUT2D eigenvalue weighted by atomic mass is 35.5. The van der Waals surface area contributed by atoms with Gasteiger partial charge in [-0.15, -0.1) is 0 Å². The molecule has 0 aliphatic carbocycles. The highest BCUT2D eigenvalue weighted by Crippen LogP contribution is 2.36. The molecule has 0 saturated heterocycles. The van der Waals surface area contributed by atoms with E-state index in [9.17, 15) is 45.7 Å². The molecule has 0 saturated carbocycles. The Hall–Kier alpha value is -4.06. The zero-order valence-electron chi connectivity index (χ0n) is 25.9. The normalized spacial score (nSPS) is 13.3. The zero-order valence-corrected chi connectivity index (χ0v) is 29.1. The third-order valence-electron chi connectivity index (χ3n) is 8.27. The molecule has 0 spiro atoms. The Morgan fingerprint density at radius 2 is 0.958 bits per heavy atom. The Labute approximate surface area is 287 Å². The fourth-order valence-corrected chi connectivity index (χ4v) is 7.74. The summed E-state index contributed by atoms with van der Waals surface area (Å²) in [6.45, 7) is 6.42. The SMILES string of the molecule is CC1=C(CCC(=O)O)c2cc3[nH+]c(cc4[nH]c(cc5[nH]c(cc1[nH+]2)c(C)c5S(=O)(=O)O)c(C)c4S(=O)(=O)O)C(C)=C3CCC(=O)O.[Cl-].[Cl-]. The molecule has 48 heavy (non-hydrogen) atoms. The summed E-state index contributed by atoms with van der Waals surface area (Å²) in [6, 6.07) is 6.08. The van der Waals surface area contributed by atoms with Gasteiger partial charge in [0, 0.05) is 58.3 Å². The van der Waals surface area contributed by atoms with Crippen LogP contribution in [-0.2, 0) is 29.8 Å². The summed E-state index contributed by atoms with van der Waals surface area (Å²) in [6.07, 6.45) is -0.124. The maximum absolute atomic E-state index is 12.6. The number of carbonyl (C=O) groups is 2. The number of hydrogen-bond donors (Lipinski definition) is 6. The lowest BCUT2D eigenvalue weighted by Crippen LogP contribution is -3.00. The molecule has 2 aliphatic heterocycles. The van der Waals surface area contributed by atoms with Crippen LogP contribution in [0, 0.1) is 13.8 Å². The molecule has 0 radical (unpaired) electrons. The molecular formula is C30H32Cl2N4O10S2.